The lowest BCUT2D eigenvalue weighted by Gasteiger charge is -2.23. The number of alkyl halides is 2. The molecule has 0 saturated heterocycles. The molecule has 0 heterocycles. The van der Waals surface area contributed by atoms with Crippen molar-refractivity contribution in [3.8, 4) is 5.75 Å². The fourth-order valence-corrected chi connectivity index (χ4v) is 2.50. The molecule has 1 aromatic rings. The molecule has 1 fully saturated rings. The highest BCUT2D eigenvalue weighted by molar-refractivity contribution is 5.45. The summed E-state index contributed by atoms with van der Waals surface area (Å²) in [5.74, 6) is -2.68. The number of nitrogens with two attached hydrogens (primary N) is 1. The molecule has 1 atom stereocenters. The predicted molar refractivity (Wildman–Crippen MR) is 67.1 cm³/mol. The van der Waals surface area contributed by atoms with E-state index in [-0.39, 0.29) is 22.8 Å². The van der Waals surface area contributed by atoms with Crippen LogP contribution in [0.5, 0.6) is 5.75 Å². The second-order valence-corrected chi connectivity index (χ2v) is 5.25. The van der Waals surface area contributed by atoms with Crippen LogP contribution in [0.25, 0.3) is 0 Å². The van der Waals surface area contributed by atoms with E-state index in [4.69, 9.17) is 10.5 Å². The Hall–Kier alpha value is -1.16. The Balaban J connectivity index is 2.47. The molecule has 1 aliphatic rings. The maximum atomic E-state index is 13.6. The van der Waals surface area contributed by atoms with Crippen LogP contribution in [0.15, 0.2) is 18.2 Å². The fraction of sp³-hybridized carbons (Fsp3) is 0.571. The van der Waals surface area contributed by atoms with E-state index in [0.29, 0.717) is 0 Å². The van der Waals surface area contributed by atoms with Crippen molar-refractivity contribution in [3.63, 3.8) is 0 Å². The van der Waals surface area contributed by atoms with Gasteiger partial charge >= 0.3 is 0 Å². The predicted octanol–water partition coefficient (Wildman–Crippen LogP) is 3.19. The lowest BCUT2D eigenvalue weighted by atomic mass is 9.87. The van der Waals surface area contributed by atoms with E-state index in [2.05, 4.69) is 0 Å². The molecule has 0 aromatic heterocycles. The second kappa shape index (κ2) is 4.19. The molecule has 1 saturated carbocycles. The minimum Gasteiger partial charge on any atom is -0.496 e. The zero-order valence-electron chi connectivity index (χ0n) is 11.0. The molecule has 0 bridgehead atoms. The standard InChI is InChI=1S/C14H19F2NO/c1-9(17)14(6-7-14)10-4-5-12(18-3)11(8-10)13(2,15)16/h4-5,8-9H,6-7,17H2,1-3H3. The number of ether oxygens (including phenoxy) is 1. The van der Waals surface area contributed by atoms with Crippen LogP contribution in [-0.4, -0.2) is 13.2 Å². The van der Waals surface area contributed by atoms with E-state index in [0.717, 1.165) is 25.3 Å². The van der Waals surface area contributed by atoms with E-state index >= 15 is 0 Å². The van der Waals surface area contributed by atoms with Crippen molar-refractivity contribution in [1.29, 1.82) is 0 Å². The van der Waals surface area contributed by atoms with Gasteiger partial charge in [-0.2, -0.15) is 0 Å². The van der Waals surface area contributed by atoms with Gasteiger partial charge in [0.15, 0.2) is 0 Å². The lowest BCUT2D eigenvalue weighted by Crippen LogP contribution is -2.31. The summed E-state index contributed by atoms with van der Waals surface area (Å²) in [6, 6.07) is 4.99. The van der Waals surface area contributed by atoms with E-state index in [1.54, 1.807) is 12.1 Å². The average molecular weight is 255 g/mol. The minimum atomic E-state index is -2.91. The third kappa shape index (κ3) is 2.09. The molecule has 100 valence electrons. The van der Waals surface area contributed by atoms with Gasteiger partial charge in [0.25, 0.3) is 5.92 Å². The number of hydrogen-bond acceptors (Lipinski definition) is 2. The van der Waals surface area contributed by atoms with Crippen LogP contribution in [-0.2, 0) is 11.3 Å². The zero-order valence-corrected chi connectivity index (χ0v) is 11.0. The van der Waals surface area contributed by atoms with Crippen molar-refractivity contribution in [1.82, 2.24) is 0 Å². The van der Waals surface area contributed by atoms with Crippen molar-refractivity contribution in [2.24, 2.45) is 5.73 Å². The summed E-state index contributed by atoms with van der Waals surface area (Å²) in [5, 5.41) is 0. The normalized spacial score (nSPS) is 19.4. The molecule has 1 unspecified atom stereocenters. The Labute approximate surface area is 106 Å². The first-order valence-electron chi connectivity index (χ1n) is 6.13. The molecule has 0 aliphatic heterocycles. The number of methoxy groups -OCH3 is 1. The van der Waals surface area contributed by atoms with E-state index in [1.165, 1.54) is 7.11 Å². The molecule has 0 amide bonds. The summed E-state index contributed by atoms with van der Waals surface area (Å²) >= 11 is 0. The van der Waals surface area contributed by atoms with Gasteiger partial charge < -0.3 is 10.5 Å². The Kier molecular flexibility index (Phi) is 3.09. The Morgan fingerprint density at radius 2 is 2.00 bits per heavy atom. The van der Waals surface area contributed by atoms with Crippen LogP contribution >= 0.6 is 0 Å². The first-order chi connectivity index (χ1) is 8.31. The van der Waals surface area contributed by atoms with Gasteiger partial charge in [-0.15, -0.1) is 0 Å². The molecule has 1 aliphatic carbocycles. The van der Waals surface area contributed by atoms with Crippen molar-refractivity contribution in [2.75, 3.05) is 7.11 Å². The Morgan fingerprint density at radius 3 is 2.39 bits per heavy atom. The molecular formula is C14H19F2NO. The number of rotatable bonds is 4. The van der Waals surface area contributed by atoms with Crippen molar-refractivity contribution in [3.05, 3.63) is 29.3 Å². The summed E-state index contributed by atoms with van der Waals surface area (Å²) in [7, 11) is 1.41. The van der Waals surface area contributed by atoms with Gasteiger partial charge in [0.2, 0.25) is 0 Å². The topological polar surface area (TPSA) is 35.2 Å². The fourth-order valence-electron chi connectivity index (χ4n) is 2.50. The van der Waals surface area contributed by atoms with Gasteiger partial charge in [0, 0.05) is 18.4 Å². The summed E-state index contributed by atoms with van der Waals surface area (Å²) in [6.07, 6.45) is 1.93. The van der Waals surface area contributed by atoms with E-state index in [9.17, 15) is 8.78 Å². The summed E-state index contributed by atoms with van der Waals surface area (Å²) in [6.45, 7) is 2.82. The molecule has 1 aromatic carbocycles. The van der Waals surface area contributed by atoms with Crippen LogP contribution in [0.1, 0.15) is 37.8 Å². The Morgan fingerprint density at radius 1 is 1.39 bits per heavy atom. The van der Waals surface area contributed by atoms with Gasteiger partial charge in [-0.1, -0.05) is 6.07 Å². The van der Waals surface area contributed by atoms with Crippen LogP contribution in [0, 0.1) is 0 Å². The van der Waals surface area contributed by atoms with Gasteiger partial charge in [-0.25, -0.2) is 8.78 Å². The zero-order chi connectivity index (χ0) is 13.6. The molecular weight excluding hydrogens is 236 g/mol. The van der Waals surface area contributed by atoms with Crippen molar-refractivity contribution >= 4 is 0 Å². The maximum absolute atomic E-state index is 13.6. The van der Waals surface area contributed by atoms with Gasteiger partial charge in [0.05, 0.1) is 12.7 Å². The highest BCUT2D eigenvalue weighted by atomic mass is 19.3. The highest BCUT2D eigenvalue weighted by Gasteiger charge is 2.48. The number of benzene rings is 1. The third-order valence-electron chi connectivity index (χ3n) is 3.91. The van der Waals surface area contributed by atoms with E-state index < -0.39 is 5.92 Å². The van der Waals surface area contributed by atoms with Crippen molar-refractivity contribution < 1.29 is 13.5 Å². The van der Waals surface area contributed by atoms with Crippen LogP contribution in [0.2, 0.25) is 0 Å². The van der Waals surface area contributed by atoms with Crippen LogP contribution in [0.3, 0.4) is 0 Å². The van der Waals surface area contributed by atoms with Crippen LogP contribution in [0.4, 0.5) is 8.78 Å². The average Bonchev–Trinajstić information content (AvgIpc) is 3.08. The van der Waals surface area contributed by atoms with Crippen LogP contribution < -0.4 is 10.5 Å². The molecule has 0 spiro atoms. The quantitative estimate of drug-likeness (QED) is 0.896. The largest absolute Gasteiger partial charge is 0.496 e. The van der Waals surface area contributed by atoms with Gasteiger partial charge in [-0.05, 0) is 37.5 Å². The minimum absolute atomic E-state index is 0.0239. The SMILES string of the molecule is COc1ccc(C2(C(C)N)CC2)cc1C(C)(F)F. The monoisotopic (exact) mass is 255 g/mol. The number of halogens is 2. The van der Waals surface area contributed by atoms with E-state index in [1.807, 2.05) is 13.0 Å². The molecule has 18 heavy (non-hydrogen) atoms. The summed E-state index contributed by atoms with van der Waals surface area (Å²) < 4.78 is 32.2. The highest BCUT2D eigenvalue weighted by Crippen LogP contribution is 2.51. The smallest absolute Gasteiger partial charge is 0.274 e. The summed E-state index contributed by atoms with van der Waals surface area (Å²) in [4.78, 5) is 0. The molecule has 2 N–H and O–H groups in total. The molecule has 2 nitrogen and oxygen atoms in total. The first kappa shape index (κ1) is 13.3. The maximum Gasteiger partial charge on any atom is 0.274 e. The lowest BCUT2D eigenvalue weighted by molar-refractivity contribution is 0.0149. The van der Waals surface area contributed by atoms with Gasteiger partial charge in [-0.3, -0.25) is 0 Å². The van der Waals surface area contributed by atoms with Gasteiger partial charge in [0.1, 0.15) is 5.75 Å². The number of hydrogen-bond donors (Lipinski definition) is 1. The Bertz CT molecular complexity index is 448. The molecule has 2 rings (SSSR count). The third-order valence-corrected chi connectivity index (χ3v) is 3.91. The second-order valence-electron chi connectivity index (χ2n) is 5.25. The van der Waals surface area contributed by atoms with Crippen molar-refractivity contribution in [2.45, 2.75) is 44.1 Å². The molecule has 0 radical (unpaired) electrons. The first-order valence-corrected chi connectivity index (χ1v) is 6.13. The molecule has 4 heteroatoms. The summed E-state index contributed by atoms with van der Waals surface area (Å²) in [5.41, 5.74) is 6.69.